The zero-order chi connectivity index (χ0) is 12.3. The van der Waals surface area contributed by atoms with E-state index in [1.165, 1.54) is 10.4 Å². The van der Waals surface area contributed by atoms with Gasteiger partial charge in [0.15, 0.2) is 0 Å². The van der Waals surface area contributed by atoms with E-state index in [-0.39, 0.29) is 0 Å². The molecule has 2 rings (SSSR count). The number of hydrogen-bond donors (Lipinski definition) is 1. The second-order valence-electron chi connectivity index (χ2n) is 3.84. The van der Waals surface area contributed by atoms with Gasteiger partial charge >= 0.3 is 0 Å². The minimum absolute atomic E-state index is 0.610. The molecule has 0 unspecified atom stereocenters. The Balaban J connectivity index is 1.95. The second kappa shape index (κ2) is 5.87. The lowest BCUT2D eigenvalue weighted by molar-refractivity contribution is 0.699. The minimum atomic E-state index is 0.610. The first-order valence-electron chi connectivity index (χ1n) is 5.35. The van der Waals surface area contributed by atoms with Crippen molar-refractivity contribution in [1.82, 2.24) is 5.32 Å². The smallest absolute Gasteiger partial charge is 0.0637 e. The van der Waals surface area contributed by atoms with Gasteiger partial charge in [0.2, 0.25) is 0 Å². The summed E-state index contributed by atoms with van der Waals surface area (Å²) in [6.45, 7) is 3.73. The predicted molar refractivity (Wildman–Crippen MR) is 76.1 cm³/mol. The molecular weight excluding hydrogens is 273 g/mol. The zero-order valence-electron chi connectivity index (χ0n) is 9.47. The molecule has 1 heterocycles. The molecule has 2 aromatic rings. The SMILES string of the molecule is Cc1ccsc1CNCc1cccc(Cl)c1Cl. The molecule has 0 amide bonds. The van der Waals surface area contributed by atoms with E-state index < -0.39 is 0 Å². The number of halogens is 2. The summed E-state index contributed by atoms with van der Waals surface area (Å²) in [7, 11) is 0. The monoisotopic (exact) mass is 285 g/mol. The van der Waals surface area contributed by atoms with Crippen LogP contribution in [0.5, 0.6) is 0 Å². The Hall–Kier alpha value is -0.540. The highest BCUT2D eigenvalue weighted by Gasteiger charge is 2.04. The van der Waals surface area contributed by atoms with E-state index in [2.05, 4.69) is 23.7 Å². The molecular formula is C13H13Cl2NS. The van der Waals surface area contributed by atoms with Gasteiger partial charge in [0.25, 0.3) is 0 Å². The standard InChI is InChI=1S/C13H13Cl2NS/c1-9-5-6-17-12(9)8-16-7-10-3-2-4-11(14)13(10)15/h2-6,16H,7-8H2,1H3. The molecule has 0 radical (unpaired) electrons. The molecule has 1 N–H and O–H groups in total. The van der Waals surface area contributed by atoms with Gasteiger partial charge in [-0.25, -0.2) is 0 Å². The highest BCUT2D eigenvalue weighted by Crippen LogP contribution is 2.25. The van der Waals surface area contributed by atoms with Crippen molar-refractivity contribution in [1.29, 1.82) is 0 Å². The fourth-order valence-corrected chi connectivity index (χ4v) is 2.84. The van der Waals surface area contributed by atoms with Crippen LogP contribution in [0.25, 0.3) is 0 Å². The van der Waals surface area contributed by atoms with Crippen LogP contribution in [0.15, 0.2) is 29.6 Å². The number of nitrogens with one attached hydrogen (secondary N) is 1. The van der Waals surface area contributed by atoms with Gasteiger partial charge in [-0.15, -0.1) is 11.3 Å². The summed E-state index contributed by atoms with van der Waals surface area (Å²) in [5.74, 6) is 0. The molecule has 1 aromatic carbocycles. The molecule has 0 aliphatic rings. The average molecular weight is 286 g/mol. The highest BCUT2D eigenvalue weighted by atomic mass is 35.5. The maximum atomic E-state index is 6.12. The Bertz CT molecular complexity index is 508. The molecule has 0 saturated carbocycles. The molecule has 0 fully saturated rings. The van der Waals surface area contributed by atoms with Crippen molar-refractivity contribution in [3.05, 3.63) is 55.7 Å². The lowest BCUT2D eigenvalue weighted by atomic mass is 10.2. The number of hydrogen-bond acceptors (Lipinski definition) is 2. The Morgan fingerprint density at radius 2 is 2.00 bits per heavy atom. The van der Waals surface area contributed by atoms with Crippen LogP contribution >= 0.6 is 34.5 Å². The van der Waals surface area contributed by atoms with Gasteiger partial charge in [-0.05, 0) is 35.6 Å². The first-order valence-corrected chi connectivity index (χ1v) is 6.98. The molecule has 0 saturated heterocycles. The lowest BCUT2D eigenvalue weighted by Gasteiger charge is -2.07. The normalized spacial score (nSPS) is 10.8. The van der Waals surface area contributed by atoms with Gasteiger partial charge in [0.1, 0.15) is 0 Å². The van der Waals surface area contributed by atoms with Crippen molar-refractivity contribution >= 4 is 34.5 Å². The maximum Gasteiger partial charge on any atom is 0.0637 e. The Labute approximate surface area is 115 Å². The Morgan fingerprint density at radius 3 is 2.71 bits per heavy atom. The van der Waals surface area contributed by atoms with Crippen LogP contribution in [0.2, 0.25) is 10.0 Å². The topological polar surface area (TPSA) is 12.0 Å². The number of benzene rings is 1. The Morgan fingerprint density at radius 1 is 1.18 bits per heavy atom. The van der Waals surface area contributed by atoms with Crippen LogP contribution in [0.1, 0.15) is 16.0 Å². The fraction of sp³-hybridized carbons (Fsp3) is 0.231. The quantitative estimate of drug-likeness (QED) is 0.862. The van der Waals surface area contributed by atoms with Crippen molar-refractivity contribution in [2.75, 3.05) is 0 Å². The Kier molecular flexibility index (Phi) is 4.46. The summed E-state index contributed by atoms with van der Waals surface area (Å²) in [6.07, 6.45) is 0. The summed E-state index contributed by atoms with van der Waals surface area (Å²) in [6, 6.07) is 7.84. The van der Waals surface area contributed by atoms with Gasteiger partial charge in [0, 0.05) is 18.0 Å². The molecule has 1 nitrogen and oxygen atoms in total. The summed E-state index contributed by atoms with van der Waals surface area (Å²) >= 11 is 13.8. The van der Waals surface area contributed by atoms with Crippen molar-refractivity contribution in [2.24, 2.45) is 0 Å². The summed E-state index contributed by atoms with van der Waals surface area (Å²) in [4.78, 5) is 1.36. The van der Waals surface area contributed by atoms with Crippen molar-refractivity contribution in [3.63, 3.8) is 0 Å². The van der Waals surface area contributed by atoms with Crippen LogP contribution in [0.3, 0.4) is 0 Å². The molecule has 4 heteroatoms. The van der Waals surface area contributed by atoms with Gasteiger partial charge in [-0.3, -0.25) is 0 Å². The molecule has 90 valence electrons. The third-order valence-corrected chi connectivity index (χ3v) is 4.48. The minimum Gasteiger partial charge on any atom is -0.308 e. The van der Waals surface area contributed by atoms with Crippen molar-refractivity contribution in [2.45, 2.75) is 20.0 Å². The van der Waals surface area contributed by atoms with Crippen LogP contribution in [0.4, 0.5) is 0 Å². The van der Waals surface area contributed by atoms with E-state index in [1.807, 2.05) is 12.1 Å². The van der Waals surface area contributed by atoms with E-state index in [4.69, 9.17) is 23.2 Å². The van der Waals surface area contributed by atoms with Gasteiger partial charge in [-0.1, -0.05) is 35.3 Å². The number of rotatable bonds is 4. The first kappa shape index (κ1) is 12.9. The zero-order valence-corrected chi connectivity index (χ0v) is 11.8. The summed E-state index contributed by atoms with van der Waals surface area (Å²) in [5, 5.41) is 6.74. The summed E-state index contributed by atoms with van der Waals surface area (Å²) < 4.78 is 0. The van der Waals surface area contributed by atoms with E-state index in [0.29, 0.717) is 10.0 Å². The molecule has 17 heavy (non-hydrogen) atoms. The van der Waals surface area contributed by atoms with Crippen LogP contribution in [-0.2, 0) is 13.1 Å². The highest BCUT2D eigenvalue weighted by molar-refractivity contribution is 7.10. The average Bonchev–Trinajstić information content (AvgIpc) is 2.71. The lowest BCUT2D eigenvalue weighted by Crippen LogP contribution is -2.12. The van der Waals surface area contributed by atoms with Crippen LogP contribution in [-0.4, -0.2) is 0 Å². The van der Waals surface area contributed by atoms with Crippen molar-refractivity contribution in [3.8, 4) is 0 Å². The largest absolute Gasteiger partial charge is 0.308 e. The fourth-order valence-electron chi connectivity index (χ4n) is 1.58. The third kappa shape index (κ3) is 3.23. The van der Waals surface area contributed by atoms with E-state index >= 15 is 0 Å². The number of thiophene rings is 1. The van der Waals surface area contributed by atoms with Gasteiger partial charge in [0.05, 0.1) is 10.0 Å². The molecule has 0 atom stereocenters. The van der Waals surface area contributed by atoms with Gasteiger partial charge < -0.3 is 5.32 Å². The third-order valence-electron chi connectivity index (χ3n) is 2.60. The summed E-state index contributed by atoms with van der Waals surface area (Å²) in [5.41, 5.74) is 2.37. The molecule has 0 spiro atoms. The van der Waals surface area contributed by atoms with E-state index in [1.54, 1.807) is 17.4 Å². The molecule has 1 aromatic heterocycles. The first-order chi connectivity index (χ1) is 8.18. The molecule has 0 bridgehead atoms. The van der Waals surface area contributed by atoms with Gasteiger partial charge in [-0.2, -0.15) is 0 Å². The van der Waals surface area contributed by atoms with Crippen LogP contribution < -0.4 is 5.32 Å². The predicted octanol–water partition coefficient (Wildman–Crippen LogP) is 4.65. The van der Waals surface area contributed by atoms with Crippen molar-refractivity contribution < 1.29 is 0 Å². The molecule has 0 aliphatic heterocycles. The second-order valence-corrected chi connectivity index (χ2v) is 5.63. The van der Waals surface area contributed by atoms with E-state index in [0.717, 1.165) is 18.7 Å². The number of aryl methyl sites for hydroxylation is 1. The van der Waals surface area contributed by atoms with E-state index in [9.17, 15) is 0 Å². The molecule has 0 aliphatic carbocycles. The van der Waals surface area contributed by atoms with Crippen LogP contribution in [0, 0.1) is 6.92 Å². The maximum absolute atomic E-state index is 6.12.